The number of rotatable bonds is 13. The van der Waals surface area contributed by atoms with Crippen molar-refractivity contribution in [2.75, 3.05) is 0 Å². The molecule has 0 aromatic heterocycles. The highest BCUT2D eigenvalue weighted by atomic mass is 16.3. The molecule has 1 aliphatic rings. The Morgan fingerprint density at radius 3 is 1.73 bits per heavy atom. The minimum absolute atomic E-state index is 0.0656. The number of hydrogen-bond acceptors (Lipinski definition) is 3. The molecule has 2 N–H and O–H groups in total. The lowest BCUT2D eigenvalue weighted by Gasteiger charge is -2.17. The third-order valence-corrected chi connectivity index (χ3v) is 4.57. The summed E-state index contributed by atoms with van der Waals surface area (Å²) in [5.41, 5.74) is -1.43. The summed E-state index contributed by atoms with van der Waals surface area (Å²) in [6.07, 6.45) is 15.4. The van der Waals surface area contributed by atoms with E-state index in [0.717, 1.165) is 19.3 Å². The van der Waals surface area contributed by atoms with Crippen molar-refractivity contribution < 1.29 is 14.7 Å². The summed E-state index contributed by atoms with van der Waals surface area (Å²) in [6, 6.07) is 0. The molecule has 22 heavy (non-hydrogen) atoms. The highest BCUT2D eigenvalue weighted by Gasteiger charge is 2.44. The predicted octanol–water partition coefficient (Wildman–Crippen LogP) is 3.86. The SMILES string of the molecule is CCCCCCCCCCCCCCC1(O)CC(=O)NC1=O. The molecule has 4 nitrogen and oxygen atoms in total. The van der Waals surface area contributed by atoms with Crippen molar-refractivity contribution in [3.63, 3.8) is 0 Å². The second-order valence-electron chi connectivity index (χ2n) is 6.72. The fourth-order valence-corrected chi connectivity index (χ4v) is 3.09. The van der Waals surface area contributed by atoms with Gasteiger partial charge >= 0.3 is 0 Å². The molecule has 0 aromatic rings. The van der Waals surface area contributed by atoms with Crippen LogP contribution in [0.3, 0.4) is 0 Å². The van der Waals surface area contributed by atoms with Crippen LogP contribution in [0.15, 0.2) is 0 Å². The molecule has 0 radical (unpaired) electrons. The number of carbonyl (C=O) groups excluding carboxylic acids is 2. The summed E-state index contributed by atoms with van der Waals surface area (Å²) in [5, 5.41) is 12.2. The van der Waals surface area contributed by atoms with Gasteiger partial charge in [-0.15, -0.1) is 0 Å². The van der Waals surface area contributed by atoms with Gasteiger partial charge < -0.3 is 5.11 Å². The van der Waals surface area contributed by atoms with Gasteiger partial charge in [-0.2, -0.15) is 0 Å². The van der Waals surface area contributed by atoms with Gasteiger partial charge in [0.25, 0.3) is 5.91 Å². The Hall–Kier alpha value is -0.900. The van der Waals surface area contributed by atoms with E-state index in [0.29, 0.717) is 6.42 Å². The molecule has 0 spiro atoms. The highest BCUT2D eigenvalue weighted by Crippen LogP contribution is 2.24. The van der Waals surface area contributed by atoms with E-state index in [-0.39, 0.29) is 12.3 Å². The second-order valence-corrected chi connectivity index (χ2v) is 6.72. The van der Waals surface area contributed by atoms with E-state index < -0.39 is 11.5 Å². The van der Waals surface area contributed by atoms with Crippen LogP contribution in [-0.4, -0.2) is 22.5 Å². The lowest BCUT2D eigenvalue weighted by atomic mass is 9.94. The first-order valence-corrected chi connectivity index (χ1v) is 9.15. The Morgan fingerprint density at radius 1 is 0.864 bits per heavy atom. The molecule has 1 fully saturated rings. The van der Waals surface area contributed by atoms with E-state index in [9.17, 15) is 14.7 Å². The molecule has 128 valence electrons. The van der Waals surface area contributed by atoms with Crippen molar-refractivity contribution >= 4 is 11.8 Å². The monoisotopic (exact) mass is 311 g/mol. The van der Waals surface area contributed by atoms with E-state index in [1.807, 2.05) is 0 Å². The summed E-state index contributed by atoms with van der Waals surface area (Å²) in [4.78, 5) is 22.6. The van der Waals surface area contributed by atoms with Crippen LogP contribution in [0.1, 0.15) is 96.8 Å². The second kappa shape index (κ2) is 10.8. The summed E-state index contributed by atoms with van der Waals surface area (Å²) < 4.78 is 0. The van der Waals surface area contributed by atoms with Crippen LogP contribution < -0.4 is 5.32 Å². The summed E-state index contributed by atoms with van der Waals surface area (Å²) in [7, 11) is 0. The molecular formula is C18H33NO3. The topological polar surface area (TPSA) is 66.4 Å². The Labute approximate surface area is 135 Å². The number of carbonyl (C=O) groups is 2. The molecule has 0 aromatic carbocycles. The van der Waals surface area contributed by atoms with Crippen LogP contribution in [0.25, 0.3) is 0 Å². The number of aliphatic hydroxyl groups is 1. The molecule has 1 rings (SSSR count). The van der Waals surface area contributed by atoms with Gasteiger partial charge in [0, 0.05) is 0 Å². The van der Waals surface area contributed by atoms with Gasteiger partial charge in [0.1, 0.15) is 0 Å². The molecule has 1 unspecified atom stereocenters. The minimum Gasteiger partial charge on any atom is -0.379 e. The Balaban J connectivity index is 1.88. The lowest BCUT2D eigenvalue weighted by molar-refractivity contribution is -0.135. The van der Waals surface area contributed by atoms with Crippen molar-refractivity contribution in [3.8, 4) is 0 Å². The summed E-state index contributed by atoms with van der Waals surface area (Å²) >= 11 is 0. The van der Waals surface area contributed by atoms with Crippen molar-refractivity contribution in [1.29, 1.82) is 0 Å². The van der Waals surface area contributed by atoms with E-state index >= 15 is 0 Å². The standard InChI is InChI=1S/C18H33NO3/c1-2-3-4-5-6-7-8-9-10-11-12-13-14-18(22)15-16(20)19-17(18)21/h22H,2-15H2,1H3,(H,19,20,21). The average molecular weight is 311 g/mol. The predicted molar refractivity (Wildman–Crippen MR) is 88.4 cm³/mol. The minimum atomic E-state index is -1.43. The van der Waals surface area contributed by atoms with Crippen LogP contribution in [0.4, 0.5) is 0 Å². The Kier molecular flexibility index (Phi) is 9.37. The van der Waals surface area contributed by atoms with E-state index in [1.165, 1.54) is 57.8 Å². The molecule has 1 aliphatic heterocycles. The fourth-order valence-electron chi connectivity index (χ4n) is 3.09. The number of nitrogens with one attached hydrogen (secondary N) is 1. The Bertz CT molecular complexity index is 343. The molecule has 0 aliphatic carbocycles. The molecular weight excluding hydrogens is 278 g/mol. The number of hydrogen-bond donors (Lipinski definition) is 2. The first-order chi connectivity index (χ1) is 10.6. The van der Waals surface area contributed by atoms with E-state index in [4.69, 9.17) is 0 Å². The smallest absolute Gasteiger partial charge is 0.259 e. The van der Waals surface area contributed by atoms with Gasteiger partial charge in [0.15, 0.2) is 5.60 Å². The highest BCUT2D eigenvalue weighted by molar-refractivity contribution is 6.07. The largest absolute Gasteiger partial charge is 0.379 e. The van der Waals surface area contributed by atoms with Crippen LogP contribution in [0, 0.1) is 0 Å². The van der Waals surface area contributed by atoms with Gasteiger partial charge in [-0.25, -0.2) is 0 Å². The zero-order valence-electron chi connectivity index (χ0n) is 14.2. The van der Waals surface area contributed by atoms with Crippen molar-refractivity contribution in [2.45, 2.75) is 102 Å². The molecule has 0 saturated carbocycles. The molecule has 0 bridgehead atoms. The first-order valence-electron chi connectivity index (χ1n) is 9.15. The van der Waals surface area contributed by atoms with Gasteiger partial charge in [-0.1, -0.05) is 84.0 Å². The van der Waals surface area contributed by atoms with Crippen molar-refractivity contribution in [3.05, 3.63) is 0 Å². The summed E-state index contributed by atoms with van der Waals surface area (Å²) in [5.74, 6) is -0.869. The normalized spacial score (nSPS) is 21.4. The number of unbranched alkanes of at least 4 members (excludes halogenated alkanes) is 11. The Morgan fingerprint density at radius 2 is 1.32 bits per heavy atom. The van der Waals surface area contributed by atoms with Crippen LogP contribution in [0.2, 0.25) is 0 Å². The van der Waals surface area contributed by atoms with E-state index in [1.54, 1.807) is 0 Å². The van der Waals surface area contributed by atoms with Crippen molar-refractivity contribution in [1.82, 2.24) is 5.32 Å². The lowest BCUT2D eigenvalue weighted by Crippen LogP contribution is -2.37. The zero-order valence-corrected chi connectivity index (χ0v) is 14.2. The maximum Gasteiger partial charge on any atom is 0.259 e. The van der Waals surface area contributed by atoms with Crippen molar-refractivity contribution in [2.24, 2.45) is 0 Å². The van der Waals surface area contributed by atoms with Crippen LogP contribution in [0.5, 0.6) is 0 Å². The molecule has 4 heteroatoms. The quantitative estimate of drug-likeness (QED) is 0.401. The number of amides is 2. The molecule has 1 atom stereocenters. The fraction of sp³-hybridized carbons (Fsp3) is 0.889. The maximum atomic E-state index is 11.5. The maximum absolute atomic E-state index is 11.5. The first kappa shape index (κ1) is 19.1. The molecule has 1 heterocycles. The van der Waals surface area contributed by atoms with Crippen LogP contribution in [-0.2, 0) is 9.59 Å². The summed E-state index contributed by atoms with van der Waals surface area (Å²) in [6.45, 7) is 2.25. The number of imide groups is 1. The third kappa shape index (κ3) is 7.39. The molecule has 1 saturated heterocycles. The third-order valence-electron chi connectivity index (χ3n) is 4.57. The average Bonchev–Trinajstić information content (AvgIpc) is 2.73. The van der Waals surface area contributed by atoms with Crippen LogP contribution >= 0.6 is 0 Å². The van der Waals surface area contributed by atoms with Gasteiger partial charge in [-0.3, -0.25) is 14.9 Å². The van der Waals surface area contributed by atoms with Gasteiger partial charge in [0.2, 0.25) is 5.91 Å². The van der Waals surface area contributed by atoms with Gasteiger partial charge in [0.05, 0.1) is 6.42 Å². The van der Waals surface area contributed by atoms with E-state index in [2.05, 4.69) is 12.2 Å². The zero-order chi connectivity index (χ0) is 16.3. The molecule has 2 amide bonds. The van der Waals surface area contributed by atoms with Gasteiger partial charge in [-0.05, 0) is 6.42 Å².